The summed E-state index contributed by atoms with van der Waals surface area (Å²) in [6.07, 6.45) is 4.58. The summed E-state index contributed by atoms with van der Waals surface area (Å²) in [4.78, 5) is 14.7. The Kier molecular flexibility index (Phi) is 4.39. The highest BCUT2D eigenvalue weighted by Crippen LogP contribution is 2.29. The minimum absolute atomic E-state index is 0.203. The fraction of sp³-hybridized carbons (Fsp3) is 0.450. The van der Waals surface area contributed by atoms with Crippen molar-refractivity contribution in [2.24, 2.45) is 5.92 Å². The summed E-state index contributed by atoms with van der Waals surface area (Å²) in [6.45, 7) is 2.69. The van der Waals surface area contributed by atoms with Crippen molar-refractivity contribution in [1.29, 1.82) is 0 Å². The predicted octanol–water partition coefficient (Wildman–Crippen LogP) is 3.80. The van der Waals surface area contributed by atoms with Gasteiger partial charge in [0.2, 0.25) is 0 Å². The maximum atomic E-state index is 12.8. The summed E-state index contributed by atoms with van der Waals surface area (Å²) in [5.74, 6) is 1.28. The molecule has 1 saturated heterocycles. The van der Waals surface area contributed by atoms with Gasteiger partial charge in [0, 0.05) is 19.1 Å². The lowest BCUT2D eigenvalue weighted by molar-refractivity contribution is 0.111. The van der Waals surface area contributed by atoms with Crippen molar-refractivity contribution in [3.63, 3.8) is 0 Å². The molecule has 2 aromatic rings. The Morgan fingerprint density at radius 1 is 1.12 bits per heavy atom. The maximum absolute atomic E-state index is 12.8. The molecular formula is C20H24N2O2. The zero-order chi connectivity index (χ0) is 16.4. The number of rotatable bonds is 4. The largest absolute Gasteiger partial charge is 0.415 e. The summed E-state index contributed by atoms with van der Waals surface area (Å²) >= 11 is 0. The SMILES string of the molecule is O=C(Oc1ccc2ccccc2c1)N(CC1CCC1)C1CCNC1. The Bertz CT molecular complexity index is 720. The predicted molar refractivity (Wildman–Crippen MR) is 95.3 cm³/mol. The minimum Gasteiger partial charge on any atom is -0.410 e. The van der Waals surface area contributed by atoms with Gasteiger partial charge in [0.25, 0.3) is 0 Å². The number of fused-ring (bicyclic) bond motifs is 1. The lowest BCUT2D eigenvalue weighted by Gasteiger charge is -2.35. The highest BCUT2D eigenvalue weighted by atomic mass is 16.6. The van der Waals surface area contributed by atoms with Gasteiger partial charge in [-0.05, 0) is 54.6 Å². The number of amides is 1. The first-order valence-electron chi connectivity index (χ1n) is 8.97. The minimum atomic E-state index is -0.203. The summed E-state index contributed by atoms with van der Waals surface area (Å²) in [6, 6.07) is 14.2. The van der Waals surface area contributed by atoms with E-state index in [9.17, 15) is 4.79 Å². The van der Waals surface area contributed by atoms with Crippen molar-refractivity contribution in [3.05, 3.63) is 42.5 Å². The third-order valence-corrected chi connectivity index (χ3v) is 5.32. The van der Waals surface area contributed by atoms with Gasteiger partial charge < -0.3 is 15.0 Å². The third kappa shape index (κ3) is 3.24. The van der Waals surface area contributed by atoms with Crippen molar-refractivity contribution in [2.45, 2.75) is 31.7 Å². The molecule has 1 aliphatic carbocycles. The van der Waals surface area contributed by atoms with Crippen molar-refractivity contribution in [2.75, 3.05) is 19.6 Å². The first kappa shape index (κ1) is 15.5. The number of carbonyl (C=O) groups is 1. The zero-order valence-corrected chi connectivity index (χ0v) is 13.9. The van der Waals surface area contributed by atoms with Crippen LogP contribution in [0.3, 0.4) is 0 Å². The average molecular weight is 324 g/mol. The molecule has 1 amide bonds. The number of hydrogen-bond acceptors (Lipinski definition) is 3. The van der Waals surface area contributed by atoms with Gasteiger partial charge in [0.15, 0.2) is 0 Å². The second kappa shape index (κ2) is 6.81. The Labute approximate surface area is 142 Å². The first-order valence-corrected chi connectivity index (χ1v) is 8.97. The van der Waals surface area contributed by atoms with E-state index in [2.05, 4.69) is 11.4 Å². The molecular weight excluding hydrogens is 300 g/mol. The highest BCUT2D eigenvalue weighted by Gasteiger charge is 2.31. The van der Waals surface area contributed by atoms with Gasteiger partial charge in [-0.25, -0.2) is 4.79 Å². The average Bonchev–Trinajstić information content (AvgIpc) is 3.08. The number of nitrogens with zero attached hydrogens (tertiary/aromatic N) is 1. The van der Waals surface area contributed by atoms with Gasteiger partial charge in [-0.1, -0.05) is 36.8 Å². The van der Waals surface area contributed by atoms with Crippen LogP contribution in [0, 0.1) is 5.92 Å². The lowest BCUT2D eigenvalue weighted by atomic mass is 9.85. The molecule has 4 heteroatoms. The second-order valence-corrected chi connectivity index (χ2v) is 6.97. The molecule has 2 aliphatic rings. The van der Waals surface area contributed by atoms with E-state index in [4.69, 9.17) is 4.74 Å². The standard InChI is InChI=1S/C20H24N2O2/c23-20(22(14-15-4-3-5-15)18-10-11-21-13-18)24-19-9-8-16-6-1-2-7-17(16)12-19/h1-2,6-9,12,15,18,21H,3-5,10-11,13-14H2. The molecule has 1 N–H and O–H groups in total. The van der Waals surface area contributed by atoms with Crippen molar-refractivity contribution in [1.82, 2.24) is 10.2 Å². The third-order valence-electron chi connectivity index (χ3n) is 5.32. The Hall–Kier alpha value is -2.07. The molecule has 1 heterocycles. The van der Waals surface area contributed by atoms with E-state index in [1.54, 1.807) is 0 Å². The molecule has 1 unspecified atom stereocenters. The van der Waals surface area contributed by atoms with Crippen LogP contribution in [0.15, 0.2) is 42.5 Å². The number of nitrogens with one attached hydrogen (secondary N) is 1. The summed E-state index contributed by atoms with van der Waals surface area (Å²) < 4.78 is 5.73. The summed E-state index contributed by atoms with van der Waals surface area (Å²) in [5.41, 5.74) is 0. The highest BCUT2D eigenvalue weighted by molar-refractivity contribution is 5.84. The molecule has 0 spiro atoms. The second-order valence-electron chi connectivity index (χ2n) is 6.97. The van der Waals surface area contributed by atoms with Crippen LogP contribution in [-0.2, 0) is 0 Å². The van der Waals surface area contributed by atoms with Gasteiger partial charge in [-0.3, -0.25) is 0 Å². The molecule has 1 aliphatic heterocycles. The zero-order valence-electron chi connectivity index (χ0n) is 13.9. The normalized spacial score (nSPS) is 20.8. The molecule has 1 saturated carbocycles. The molecule has 2 fully saturated rings. The number of benzene rings is 2. The molecule has 0 bridgehead atoms. The molecule has 126 valence electrons. The summed E-state index contributed by atoms with van der Waals surface area (Å²) in [7, 11) is 0. The van der Waals surface area contributed by atoms with Crippen LogP contribution >= 0.6 is 0 Å². The Morgan fingerprint density at radius 2 is 1.96 bits per heavy atom. The quantitative estimate of drug-likeness (QED) is 0.930. The van der Waals surface area contributed by atoms with Crippen LogP contribution in [0.25, 0.3) is 10.8 Å². The number of carbonyl (C=O) groups excluding carboxylic acids is 1. The van der Waals surface area contributed by atoms with Crippen LogP contribution < -0.4 is 10.1 Å². The van der Waals surface area contributed by atoms with Crippen LogP contribution in [0.4, 0.5) is 4.79 Å². The van der Waals surface area contributed by atoms with E-state index in [-0.39, 0.29) is 12.1 Å². The topological polar surface area (TPSA) is 41.6 Å². The van der Waals surface area contributed by atoms with Gasteiger partial charge >= 0.3 is 6.09 Å². The molecule has 4 nitrogen and oxygen atoms in total. The van der Waals surface area contributed by atoms with E-state index in [0.717, 1.165) is 36.8 Å². The van der Waals surface area contributed by atoms with Crippen molar-refractivity contribution < 1.29 is 9.53 Å². The molecule has 1 atom stereocenters. The van der Waals surface area contributed by atoms with Crippen LogP contribution in [-0.4, -0.2) is 36.7 Å². The molecule has 0 aromatic heterocycles. The lowest BCUT2D eigenvalue weighted by Crippen LogP contribution is -2.46. The maximum Gasteiger partial charge on any atom is 0.415 e. The number of ether oxygens (including phenoxy) is 1. The number of hydrogen-bond donors (Lipinski definition) is 1. The van der Waals surface area contributed by atoms with Crippen LogP contribution in [0.2, 0.25) is 0 Å². The Balaban J connectivity index is 1.49. The fourth-order valence-corrected chi connectivity index (χ4v) is 3.62. The van der Waals surface area contributed by atoms with Crippen molar-refractivity contribution >= 4 is 16.9 Å². The molecule has 4 rings (SSSR count). The van der Waals surface area contributed by atoms with E-state index < -0.39 is 0 Å². The van der Waals surface area contributed by atoms with Crippen LogP contribution in [0.1, 0.15) is 25.7 Å². The molecule has 24 heavy (non-hydrogen) atoms. The van der Waals surface area contributed by atoms with Gasteiger partial charge in [-0.15, -0.1) is 0 Å². The van der Waals surface area contributed by atoms with Gasteiger partial charge in [0.05, 0.1) is 0 Å². The smallest absolute Gasteiger partial charge is 0.410 e. The monoisotopic (exact) mass is 324 g/mol. The van der Waals surface area contributed by atoms with E-state index in [1.807, 2.05) is 41.3 Å². The van der Waals surface area contributed by atoms with Gasteiger partial charge in [-0.2, -0.15) is 0 Å². The fourth-order valence-electron chi connectivity index (χ4n) is 3.62. The van der Waals surface area contributed by atoms with Gasteiger partial charge in [0.1, 0.15) is 5.75 Å². The molecule has 2 aromatic carbocycles. The van der Waals surface area contributed by atoms with Crippen LogP contribution in [0.5, 0.6) is 5.75 Å². The Morgan fingerprint density at radius 3 is 2.67 bits per heavy atom. The molecule has 0 radical (unpaired) electrons. The van der Waals surface area contributed by atoms with Crippen molar-refractivity contribution in [3.8, 4) is 5.75 Å². The first-order chi connectivity index (χ1) is 11.8. The van der Waals surface area contributed by atoms with E-state index in [0.29, 0.717) is 11.7 Å². The van der Waals surface area contributed by atoms with E-state index in [1.165, 1.54) is 19.3 Å². The summed E-state index contributed by atoms with van der Waals surface area (Å²) in [5, 5.41) is 5.61. The van der Waals surface area contributed by atoms with E-state index >= 15 is 0 Å².